The van der Waals surface area contributed by atoms with Gasteiger partial charge in [0.25, 0.3) is 11.6 Å². The van der Waals surface area contributed by atoms with Crippen LogP contribution in [0.25, 0.3) is 0 Å². The summed E-state index contributed by atoms with van der Waals surface area (Å²) < 4.78 is 13.0. The zero-order valence-corrected chi connectivity index (χ0v) is 9.14. The molecule has 6 nitrogen and oxygen atoms in total. The van der Waals surface area contributed by atoms with E-state index in [2.05, 4.69) is 5.32 Å². The van der Waals surface area contributed by atoms with Gasteiger partial charge in [0, 0.05) is 24.2 Å². The molecule has 7 heteroatoms. The van der Waals surface area contributed by atoms with E-state index in [9.17, 15) is 19.3 Å². The molecule has 0 bridgehead atoms. The van der Waals surface area contributed by atoms with Crippen LogP contribution < -0.4 is 11.1 Å². The molecule has 0 saturated heterocycles. The first kappa shape index (κ1) is 13.0. The minimum absolute atomic E-state index is 0.0997. The number of non-ortho nitro benzene ring substituents is 1. The quantitative estimate of drug-likeness (QED) is 0.602. The smallest absolute Gasteiger partial charge is 0.273 e. The van der Waals surface area contributed by atoms with Crippen molar-refractivity contribution >= 4 is 11.6 Å². The predicted octanol–water partition coefficient (Wildman–Crippen LogP) is 0.811. The van der Waals surface area contributed by atoms with Crippen LogP contribution in [0, 0.1) is 15.9 Å². The van der Waals surface area contributed by atoms with Crippen LogP contribution >= 0.6 is 0 Å². The van der Waals surface area contributed by atoms with Gasteiger partial charge in [0.05, 0.1) is 11.0 Å². The fourth-order valence-electron chi connectivity index (χ4n) is 1.17. The van der Waals surface area contributed by atoms with Crippen molar-refractivity contribution < 1.29 is 14.1 Å². The lowest BCUT2D eigenvalue weighted by molar-refractivity contribution is -0.385. The number of nitrogens with zero attached hydrogens (tertiary/aromatic N) is 1. The number of carbonyl (C=O) groups excluding carboxylic acids is 1. The molecule has 3 N–H and O–H groups in total. The fraction of sp³-hybridized carbons (Fsp3) is 0.300. The molecule has 0 spiro atoms. The Hall–Kier alpha value is -2.02. The van der Waals surface area contributed by atoms with Gasteiger partial charge in [-0.15, -0.1) is 0 Å². The number of nitrogens with two attached hydrogens (primary N) is 1. The number of hydrogen-bond donors (Lipinski definition) is 2. The van der Waals surface area contributed by atoms with E-state index in [1.807, 2.05) is 0 Å². The summed E-state index contributed by atoms with van der Waals surface area (Å²) in [6, 6.07) is 2.45. The molecule has 0 fully saturated rings. The van der Waals surface area contributed by atoms with Crippen molar-refractivity contribution in [1.82, 2.24) is 5.32 Å². The number of nitro groups is 1. The maximum Gasteiger partial charge on any atom is 0.273 e. The Morgan fingerprint density at radius 3 is 2.76 bits per heavy atom. The van der Waals surface area contributed by atoms with Crippen molar-refractivity contribution in [3.8, 4) is 0 Å². The molecular formula is C10H12FN3O3. The summed E-state index contributed by atoms with van der Waals surface area (Å²) >= 11 is 0. The van der Waals surface area contributed by atoms with Crippen LogP contribution in [0.5, 0.6) is 0 Å². The Bertz CT molecular complexity index is 448. The number of hydrogen-bond acceptors (Lipinski definition) is 4. The molecule has 0 aliphatic carbocycles. The number of nitrogens with one attached hydrogen (secondary N) is 1. The van der Waals surface area contributed by atoms with Crippen LogP contribution in [0.4, 0.5) is 10.1 Å². The number of carbonyl (C=O) groups is 1. The van der Waals surface area contributed by atoms with E-state index in [0.29, 0.717) is 0 Å². The molecule has 0 aliphatic heterocycles. The highest BCUT2D eigenvalue weighted by atomic mass is 19.1. The van der Waals surface area contributed by atoms with E-state index >= 15 is 0 Å². The molecule has 0 saturated carbocycles. The van der Waals surface area contributed by atoms with Gasteiger partial charge >= 0.3 is 0 Å². The summed E-state index contributed by atoms with van der Waals surface area (Å²) in [4.78, 5) is 21.2. The summed E-state index contributed by atoms with van der Waals surface area (Å²) in [5.74, 6) is -1.42. The van der Waals surface area contributed by atoms with Crippen LogP contribution in [0.3, 0.4) is 0 Å². The fourth-order valence-corrected chi connectivity index (χ4v) is 1.17. The molecule has 1 unspecified atom stereocenters. The first-order valence-electron chi connectivity index (χ1n) is 4.89. The highest BCUT2D eigenvalue weighted by molar-refractivity contribution is 5.94. The Labute approximate surface area is 96.8 Å². The molecule has 17 heavy (non-hydrogen) atoms. The van der Waals surface area contributed by atoms with Gasteiger partial charge in [-0.05, 0) is 13.0 Å². The lowest BCUT2D eigenvalue weighted by Crippen LogP contribution is -2.35. The molecular weight excluding hydrogens is 229 g/mol. The summed E-state index contributed by atoms with van der Waals surface area (Å²) in [5.41, 5.74) is 4.87. The molecule has 0 aromatic heterocycles. The zero-order chi connectivity index (χ0) is 13.0. The number of halogens is 1. The van der Waals surface area contributed by atoms with Crippen LogP contribution in [0.2, 0.25) is 0 Å². The summed E-state index contributed by atoms with van der Waals surface area (Å²) in [5, 5.41) is 12.9. The minimum Gasteiger partial charge on any atom is -0.350 e. The van der Waals surface area contributed by atoms with Gasteiger partial charge in [0.2, 0.25) is 0 Å². The Balaban J connectivity index is 2.90. The lowest BCUT2D eigenvalue weighted by Gasteiger charge is -2.07. The SMILES string of the molecule is CC(N)CNC(=O)c1cc(F)cc([N+](=O)[O-])c1. The number of amides is 1. The van der Waals surface area contributed by atoms with Gasteiger partial charge in [0.15, 0.2) is 0 Å². The topological polar surface area (TPSA) is 98.3 Å². The van der Waals surface area contributed by atoms with E-state index in [0.717, 1.165) is 18.2 Å². The third kappa shape index (κ3) is 3.80. The van der Waals surface area contributed by atoms with Crippen LogP contribution in [-0.2, 0) is 0 Å². The van der Waals surface area contributed by atoms with E-state index in [4.69, 9.17) is 5.73 Å². The molecule has 1 atom stereocenters. The highest BCUT2D eigenvalue weighted by Gasteiger charge is 2.14. The third-order valence-electron chi connectivity index (χ3n) is 1.94. The Morgan fingerprint density at radius 1 is 1.59 bits per heavy atom. The third-order valence-corrected chi connectivity index (χ3v) is 1.94. The van der Waals surface area contributed by atoms with E-state index < -0.39 is 22.3 Å². The standard InChI is InChI=1S/C10H12FN3O3/c1-6(12)5-13-10(15)7-2-8(11)4-9(3-7)14(16)17/h2-4,6H,5,12H2,1H3,(H,13,15). The monoisotopic (exact) mass is 241 g/mol. The highest BCUT2D eigenvalue weighted by Crippen LogP contribution is 2.16. The van der Waals surface area contributed by atoms with Gasteiger partial charge < -0.3 is 11.1 Å². The van der Waals surface area contributed by atoms with Crippen LogP contribution in [-0.4, -0.2) is 23.4 Å². The second-order valence-electron chi connectivity index (χ2n) is 3.64. The number of nitro benzene ring substituents is 1. The van der Waals surface area contributed by atoms with E-state index in [1.54, 1.807) is 6.92 Å². The summed E-state index contributed by atoms with van der Waals surface area (Å²) in [6.07, 6.45) is 0. The number of rotatable bonds is 4. The Kier molecular flexibility index (Phi) is 4.11. The Morgan fingerprint density at radius 2 is 2.24 bits per heavy atom. The number of benzene rings is 1. The molecule has 92 valence electrons. The normalized spacial score (nSPS) is 11.9. The first-order chi connectivity index (χ1) is 7.90. The lowest BCUT2D eigenvalue weighted by atomic mass is 10.2. The van der Waals surface area contributed by atoms with Crippen molar-refractivity contribution in [3.63, 3.8) is 0 Å². The van der Waals surface area contributed by atoms with Crippen molar-refractivity contribution in [2.24, 2.45) is 5.73 Å². The van der Waals surface area contributed by atoms with Crippen molar-refractivity contribution in [1.29, 1.82) is 0 Å². The van der Waals surface area contributed by atoms with Gasteiger partial charge in [0.1, 0.15) is 5.82 Å². The maximum absolute atomic E-state index is 13.0. The molecule has 0 heterocycles. The van der Waals surface area contributed by atoms with E-state index in [1.165, 1.54) is 0 Å². The van der Waals surface area contributed by atoms with Crippen molar-refractivity contribution in [2.45, 2.75) is 13.0 Å². The average molecular weight is 241 g/mol. The predicted molar refractivity (Wildman–Crippen MR) is 59.0 cm³/mol. The summed E-state index contributed by atoms with van der Waals surface area (Å²) in [7, 11) is 0. The van der Waals surface area contributed by atoms with E-state index in [-0.39, 0.29) is 18.2 Å². The van der Waals surface area contributed by atoms with Crippen molar-refractivity contribution in [3.05, 3.63) is 39.7 Å². The van der Waals surface area contributed by atoms with Gasteiger partial charge in [-0.2, -0.15) is 0 Å². The van der Waals surface area contributed by atoms with Crippen LogP contribution in [0.1, 0.15) is 17.3 Å². The molecule has 1 amide bonds. The molecule has 0 aliphatic rings. The minimum atomic E-state index is -0.829. The molecule has 1 rings (SSSR count). The largest absolute Gasteiger partial charge is 0.350 e. The second kappa shape index (κ2) is 5.35. The first-order valence-corrected chi connectivity index (χ1v) is 4.89. The second-order valence-corrected chi connectivity index (χ2v) is 3.64. The summed E-state index contributed by atoms with van der Waals surface area (Å²) in [6.45, 7) is 1.90. The molecule has 1 aromatic rings. The van der Waals surface area contributed by atoms with Crippen molar-refractivity contribution in [2.75, 3.05) is 6.54 Å². The molecule has 1 aromatic carbocycles. The molecule has 0 radical (unpaired) electrons. The average Bonchev–Trinajstić information content (AvgIpc) is 2.24. The zero-order valence-electron chi connectivity index (χ0n) is 9.14. The maximum atomic E-state index is 13.0. The van der Waals surface area contributed by atoms with Gasteiger partial charge in [-0.1, -0.05) is 0 Å². The van der Waals surface area contributed by atoms with Gasteiger partial charge in [-0.25, -0.2) is 4.39 Å². The van der Waals surface area contributed by atoms with Gasteiger partial charge in [-0.3, -0.25) is 14.9 Å². The van der Waals surface area contributed by atoms with Crippen LogP contribution in [0.15, 0.2) is 18.2 Å².